The number of ether oxygens (including phenoxy) is 1. The van der Waals surface area contributed by atoms with Crippen LogP contribution in [0.25, 0.3) is 0 Å². The van der Waals surface area contributed by atoms with Crippen molar-refractivity contribution in [3.8, 4) is 5.75 Å². The Labute approximate surface area is 82.2 Å². The van der Waals surface area contributed by atoms with Crippen molar-refractivity contribution >= 4 is 5.97 Å². The Kier molecular flexibility index (Phi) is 4.03. The van der Waals surface area contributed by atoms with Crippen molar-refractivity contribution in [3.05, 3.63) is 24.5 Å². The molecule has 0 aliphatic heterocycles. The molecule has 1 rings (SSSR count). The Morgan fingerprint density at radius 1 is 1.57 bits per heavy atom. The molecule has 1 aromatic rings. The molecule has 1 aromatic heterocycles. The number of carbonyl (C=O) groups excluding carboxylic acids is 1. The van der Waals surface area contributed by atoms with Gasteiger partial charge in [-0.1, -0.05) is 0 Å². The van der Waals surface area contributed by atoms with Gasteiger partial charge in [0.05, 0.1) is 6.20 Å². The minimum Gasteiger partial charge on any atom is -0.423 e. The molecular formula is C9H12N2O3. The first-order chi connectivity index (χ1) is 6.68. The molecule has 1 heterocycles. The van der Waals surface area contributed by atoms with Crippen LogP contribution in [0.3, 0.4) is 0 Å². The molecule has 0 spiro atoms. The Balaban J connectivity index is 2.35. The summed E-state index contributed by atoms with van der Waals surface area (Å²) in [6, 6.07) is 3.34. The van der Waals surface area contributed by atoms with Crippen LogP contribution < -0.4 is 4.74 Å². The van der Waals surface area contributed by atoms with Crippen LogP contribution >= 0.6 is 0 Å². The van der Waals surface area contributed by atoms with E-state index in [9.17, 15) is 4.79 Å². The van der Waals surface area contributed by atoms with E-state index in [0.29, 0.717) is 5.75 Å². The minimum absolute atomic E-state index is 0.109. The summed E-state index contributed by atoms with van der Waals surface area (Å²) >= 11 is 0. The van der Waals surface area contributed by atoms with Crippen LogP contribution in [0.4, 0.5) is 0 Å². The molecule has 0 fully saturated rings. The molecule has 0 aromatic carbocycles. The normalized spacial score (nSPS) is 10.2. The molecule has 0 bridgehead atoms. The van der Waals surface area contributed by atoms with Crippen molar-refractivity contribution in [2.75, 3.05) is 20.7 Å². The number of carbonyl (C=O) groups is 1. The lowest BCUT2D eigenvalue weighted by Crippen LogP contribution is -2.22. The summed E-state index contributed by atoms with van der Waals surface area (Å²) in [5.41, 5.74) is 0. The second kappa shape index (κ2) is 5.31. The number of esters is 1. The first-order valence-corrected chi connectivity index (χ1v) is 4.09. The highest BCUT2D eigenvalue weighted by molar-refractivity contribution is 5.73. The summed E-state index contributed by atoms with van der Waals surface area (Å²) in [5, 5.41) is 1.44. The van der Waals surface area contributed by atoms with E-state index in [1.807, 2.05) is 0 Å². The van der Waals surface area contributed by atoms with Gasteiger partial charge in [-0.05, 0) is 12.1 Å². The SMILES string of the molecule is CN(C)OCC(=O)Oc1cccnc1. The van der Waals surface area contributed by atoms with E-state index in [2.05, 4.69) is 4.98 Å². The van der Waals surface area contributed by atoms with Gasteiger partial charge in [0.2, 0.25) is 0 Å². The smallest absolute Gasteiger partial charge is 0.339 e. The molecule has 0 N–H and O–H groups in total. The number of hydrogen-bond acceptors (Lipinski definition) is 5. The summed E-state index contributed by atoms with van der Waals surface area (Å²) in [4.78, 5) is 19.8. The highest BCUT2D eigenvalue weighted by atomic mass is 16.7. The van der Waals surface area contributed by atoms with E-state index in [0.717, 1.165) is 0 Å². The van der Waals surface area contributed by atoms with Gasteiger partial charge in [0.1, 0.15) is 5.75 Å². The zero-order valence-corrected chi connectivity index (χ0v) is 8.14. The number of aromatic nitrogens is 1. The maximum Gasteiger partial charge on any atom is 0.339 e. The Morgan fingerprint density at radius 2 is 2.36 bits per heavy atom. The number of rotatable bonds is 4. The molecule has 5 heteroatoms. The van der Waals surface area contributed by atoms with E-state index in [1.54, 1.807) is 32.4 Å². The predicted molar refractivity (Wildman–Crippen MR) is 49.5 cm³/mol. The average Bonchev–Trinajstić information content (AvgIpc) is 2.16. The van der Waals surface area contributed by atoms with Gasteiger partial charge in [-0.15, -0.1) is 0 Å². The van der Waals surface area contributed by atoms with Crippen LogP contribution in [0.2, 0.25) is 0 Å². The van der Waals surface area contributed by atoms with Gasteiger partial charge >= 0.3 is 5.97 Å². The summed E-state index contributed by atoms with van der Waals surface area (Å²) in [7, 11) is 3.38. The van der Waals surface area contributed by atoms with Gasteiger partial charge < -0.3 is 4.74 Å². The van der Waals surface area contributed by atoms with E-state index in [4.69, 9.17) is 9.57 Å². The van der Waals surface area contributed by atoms with Crippen LogP contribution in [0.1, 0.15) is 0 Å². The summed E-state index contributed by atoms with van der Waals surface area (Å²) < 4.78 is 4.91. The Hall–Kier alpha value is -1.46. The maximum absolute atomic E-state index is 11.1. The molecule has 0 saturated carbocycles. The third kappa shape index (κ3) is 3.97. The standard InChI is InChI=1S/C9H12N2O3/c1-11(2)13-7-9(12)14-8-4-3-5-10-6-8/h3-6H,7H2,1-2H3. The van der Waals surface area contributed by atoms with Crippen molar-refractivity contribution in [1.82, 2.24) is 10.0 Å². The highest BCUT2D eigenvalue weighted by Gasteiger charge is 2.05. The Morgan fingerprint density at radius 3 is 2.93 bits per heavy atom. The van der Waals surface area contributed by atoms with Crippen molar-refractivity contribution in [1.29, 1.82) is 0 Å². The Bertz CT molecular complexity index is 287. The van der Waals surface area contributed by atoms with Crippen LogP contribution in [0, 0.1) is 0 Å². The zero-order valence-electron chi connectivity index (χ0n) is 8.14. The molecule has 14 heavy (non-hydrogen) atoms. The minimum atomic E-state index is -0.452. The molecule has 0 atom stereocenters. The number of hydroxylamine groups is 2. The molecule has 0 aliphatic carbocycles. The van der Waals surface area contributed by atoms with E-state index in [1.165, 1.54) is 11.3 Å². The predicted octanol–water partition coefficient (Wildman–Crippen LogP) is 0.480. The molecule has 76 valence electrons. The fraction of sp³-hybridized carbons (Fsp3) is 0.333. The first-order valence-electron chi connectivity index (χ1n) is 4.09. The van der Waals surface area contributed by atoms with Crippen molar-refractivity contribution in [3.63, 3.8) is 0 Å². The molecule has 0 unspecified atom stereocenters. The molecule has 0 amide bonds. The molecule has 0 aliphatic rings. The van der Waals surface area contributed by atoms with Crippen molar-refractivity contribution in [2.45, 2.75) is 0 Å². The fourth-order valence-corrected chi connectivity index (χ4v) is 0.750. The van der Waals surface area contributed by atoms with E-state index < -0.39 is 5.97 Å². The fourth-order valence-electron chi connectivity index (χ4n) is 0.750. The van der Waals surface area contributed by atoms with E-state index in [-0.39, 0.29) is 6.61 Å². The first kappa shape index (κ1) is 10.6. The van der Waals surface area contributed by atoms with Gasteiger partial charge in [-0.2, -0.15) is 5.06 Å². The quantitative estimate of drug-likeness (QED) is 0.518. The number of nitrogens with zero attached hydrogens (tertiary/aromatic N) is 2. The number of pyridine rings is 1. The van der Waals surface area contributed by atoms with Crippen LogP contribution in [-0.4, -0.2) is 36.7 Å². The molecule has 0 saturated heterocycles. The third-order valence-electron chi connectivity index (χ3n) is 1.31. The van der Waals surface area contributed by atoms with Gasteiger partial charge in [-0.25, -0.2) is 4.79 Å². The van der Waals surface area contributed by atoms with Gasteiger partial charge in [0.25, 0.3) is 0 Å². The maximum atomic E-state index is 11.1. The molecule has 0 radical (unpaired) electrons. The average molecular weight is 196 g/mol. The lowest BCUT2D eigenvalue weighted by molar-refractivity contribution is -0.162. The third-order valence-corrected chi connectivity index (χ3v) is 1.31. The highest BCUT2D eigenvalue weighted by Crippen LogP contribution is 2.05. The molecular weight excluding hydrogens is 184 g/mol. The number of hydrogen-bond donors (Lipinski definition) is 0. The summed E-state index contributed by atoms with van der Waals surface area (Å²) in [6.45, 7) is -0.109. The zero-order chi connectivity index (χ0) is 10.4. The topological polar surface area (TPSA) is 51.7 Å². The second-order valence-electron chi connectivity index (χ2n) is 2.75. The van der Waals surface area contributed by atoms with Gasteiger partial charge in [0, 0.05) is 20.3 Å². The largest absolute Gasteiger partial charge is 0.423 e. The van der Waals surface area contributed by atoms with Gasteiger partial charge in [-0.3, -0.25) is 9.82 Å². The van der Waals surface area contributed by atoms with Crippen LogP contribution in [-0.2, 0) is 9.63 Å². The van der Waals surface area contributed by atoms with Crippen molar-refractivity contribution < 1.29 is 14.4 Å². The lowest BCUT2D eigenvalue weighted by atomic mass is 10.5. The van der Waals surface area contributed by atoms with E-state index >= 15 is 0 Å². The second-order valence-corrected chi connectivity index (χ2v) is 2.75. The summed E-state index contributed by atoms with van der Waals surface area (Å²) in [5.74, 6) is -0.0356. The molecule has 5 nitrogen and oxygen atoms in total. The summed E-state index contributed by atoms with van der Waals surface area (Å²) in [6.07, 6.45) is 3.07. The van der Waals surface area contributed by atoms with Gasteiger partial charge in [0.15, 0.2) is 6.61 Å². The monoisotopic (exact) mass is 196 g/mol. The van der Waals surface area contributed by atoms with Crippen LogP contribution in [0.5, 0.6) is 5.75 Å². The van der Waals surface area contributed by atoms with Crippen LogP contribution in [0.15, 0.2) is 24.5 Å². The lowest BCUT2D eigenvalue weighted by Gasteiger charge is -2.09. The van der Waals surface area contributed by atoms with Crippen molar-refractivity contribution in [2.24, 2.45) is 0 Å².